The van der Waals surface area contributed by atoms with Crippen LogP contribution in [0.2, 0.25) is 0 Å². The molecule has 0 aliphatic carbocycles. The van der Waals surface area contributed by atoms with Crippen LogP contribution in [0.25, 0.3) is 0 Å². The number of nitrogens with one attached hydrogen (secondary N) is 1. The molecule has 2 amide bonds. The summed E-state index contributed by atoms with van der Waals surface area (Å²) in [6.45, 7) is 0. The number of methoxy groups -OCH3 is 1. The maximum atomic E-state index is 11.7. The number of hydrogen-bond acceptors (Lipinski definition) is 6. The van der Waals surface area contributed by atoms with Crippen molar-refractivity contribution in [2.24, 2.45) is 11.5 Å². The molecule has 1 rings (SSSR count). The number of nitro groups is 1. The molecule has 0 bridgehead atoms. The fourth-order valence-corrected chi connectivity index (χ4v) is 1.43. The fourth-order valence-electron chi connectivity index (χ4n) is 1.43. The van der Waals surface area contributed by atoms with Crippen LogP contribution in [0.1, 0.15) is 6.42 Å². The zero-order valence-electron chi connectivity index (χ0n) is 10.7. The first-order chi connectivity index (χ1) is 9.35. The van der Waals surface area contributed by atoms with Crippen molar-refractivity contribution >= 4 is 23.2 Å². The fraction of sp³-hybridized carbons (Fsp3) is 0.273. The molecule has 1 aromatic carbocycles. The van der Waals surface area contributed by atoms with Gasteiger partial charge in [-0.25, -0.2) is 0 Å². The van der Waals surface area contributed by atoms with E-state index in [-0.39, 0.29) is 23.5 Å². The highest BCUT2D eigenvalue weighted by atomic mass is 16.6. The quantitative estimate of drug-likeness (QED) is 0.483. The molecule has 0 radical (unpaired) electrons. The number of rotatable bonds is 6. The predicted octanol–water partition coefficient (Wildman–Crippen LogP) is -0.255. The lowest BCUT2D eigenvalue weighted by molar-refractivity contribution is -0.384. The van der Waals surface area contributed by atoms with Crippen molar-refractivity contribution in [2.75, 3.05) is 12.4 Å². The van der Waals surface area contributed by atoms with Crippen LogP contribution in [0.15, 0.2) is 18.2 Å². The van der Waals surface area contributed by atoms with E-state index in [2.05, 4.69) is 5.32 Å². The van der Waals surface area contributed by atoms with Crippen LogP contribution < -0.4 is 21.5 Å². The van der Waals surface area contributed by atoms with Gasteiger partial charge in [0.25, 0.3) is 5.69 Å². The zero-order valence-corrected chi connectivity index (χ0v) is 10.7. The van der Waals surface area contributed by atoms with E-state index in [4.69, 9.17) is 16.2 Å². The minimum Gasteiger partial charge on any atom is -0.496 e. The second-order valence-corrected chi connectivity index (χ2v) is 3.91. The van der Waals surface area contributed by atoms with Gasteiger partial charge >= 0.3 is 0 Å². The molecule has 0 fully saturated rings. The van der Waals surface area contributed by atoms with Gasteiger partial charge in [0, 0.05) is 0 Å². The average Bonchev–Trinajstić information content (AvgIpc) is 2.37. The van der Waals surface area contributed by atoms with E-state index >= 15 is 0 Å². The molecule has 9 nitrogen and oxygen atoms in total. The van der Waals surface area contributed by atoms with Crippen LogP contribution in [-0.4, -0.2) is 29.9 Å². The Hall–Kier alpha value is -2.68. The number of nitrogens with zero attached hydrogens (tertiary/aromatic N) is 1. The largest absolute Gasteiger partial charge is 0.496 e. The lowest BCUT2D eigenvalue weighted by atomic mass is 10.2. The summed E-state index contributed by atoms with van der Waals surface area (Å²) in [6, 6.07) is 2.75. The lowest BCUT2D eigenvalue weighted by Gasteiger charge is -2.11. The number of hydrogen-bond donors (Lipinski definition) is 3. The summed E-state index contributed by atoms with van der Waals surface area (Å²) in [5, 5.41) is 13.2. The molecule has 1 aromatic rings. The third-order valence-corrected chi connectivity index (χ3v) is 2.42. The van der Waals surface area contributed by atoms with Gasteiger partial charge in [-0.05, 0) is 12.1 Å². The Labute approximate surface area is 114 Å². The standard InChI is InChI=1S/C11H14N4O5/c1-20-6-2-3-8(9(4-6)15(18)19)14-11(17)7(12)5-10(13)16/h2-4,7H,5,12H2,1H3,(H2,13,16)(H,14,17). The Morgan fingerprint density at radius 3 is 2.65 bits per heavy atom. The smallest absolute Gasteiger partial charge is 0.296 e. The summed E-state index contributed by atoms with van der Waals surface area (Å²) in [4.78, 5) is 32.6. The summed E-state index contributed by atoms with van der Waals surface area (Å²) >= 11 is 0. The highest BCUT2D eigenvalue weighted by Gasteiger charge is 2.21. The summed E-state index contributed by atoms with van der Waals surface area (Å²) < 4.78 is 4.86. The molecule has 0 aliphatic rings. The van der Waals surface area contributed by atoms with E-state index in [9.17, 15) is 19.7 Å². The van der Waals surface area contributed by atoms with Gasteiger partial charge < -0.3 is 21.5 Å². The van der Waals surface area contributed by atoms with E-state index in [0.717, 1.165) is 6.07 Å². The van der Waals surface area contributed by atoms with Crippen LogP contribution in [0.4, 0.5) is 11.4 Å². The number of primary amides is 1. The van der Waals surface area contributed by atoms with Gasteiger partial charge in [-0.1, -0.05) is 0 Å². The topological polar surface area (TPSA) is 151 Å². The monoisotopic (exact) mass is 282 g/mol. The molecule has 0 spiro atoms. The van der Waals surface area contributed by atoms with Crippen molar-refractivity contribution in [3.8, 4) is 5.75 Å². The van der Waals surface area contributed by atoms with E-state index in [1.54, 1.807) is 0 Å². The lowest BCUT2D eigenvalue weighted by Crippen LogP contribution is -2.39. The number of anilines is 1. The summed E-state index contributed by atoms with van der Waals surface area (Å²) in [7, 11) is 1.36. The number of ether oxygens (including phenoxy) is 1. The van der Waals surface area contributed by atoms with E-state index < -0.39 is 22.8 Å². The number of nitrogens with two attached hydrogens (primary N) is 2. The number of carbonyl (C=O) groups is 2. The van der Waals surface area contributed by atoms with Gasteiger partial charge in [-0.3, -0.25) is 19.7 Å². The Balaban J connectivity index is 2.94. The molecule has 108 valence electrons. The highest BCUT2D eigenvalue weighted by molar-refractivity contribution is 5.98. The summed E-state index contributed by atoms with van der Waals surface area (Å²) in [5.74, 6) is -1.20. The third-order valence-electron chi connectivity index (χ3n) is 2.42. The highest BCUT2D eigenvalue weighted by Crippen LogP contribution is 2.28. The molecular weight excluding hydrogens is 268 g/mol. The normalized spacial score (nSPS) is 11.5. The summed E-state index contributed by atoms with van der Waals surface area (Å²) in [5.41, 5.74) is 9.97. The van der Waals surface area contributed by atoms with Crippen molar-refractivity contribution in [2.45, 2.75) is 12.5 Å². The third kappa shape index (κ3) is 3.92. The second kappa shape index (κ2) is 6.48. The van der Waals surface area contributed by atoms with Crippen LogP contribution in [-0.2, 0) is 9.59 Å². The first kappa shape index (κ1) is 15.4. The number of amides is 2. The number of benzene rings is 1. The molecule has 1 unspecified atom stereocenters. The molecule has 5 N–H and O–H groups in total. The molecular formula is C11H14N4O5. The van der Waals surface area contributed by atoms with Crippen LogP contribution in [0.3, 0.4) is 0 Å². The van der Waals surface area contributed by atoms with Gasteiger partial charge in [0.15, 0.2) is 0 Å². The first-order valence-corrected chi connectivity index (χ1v) is 5.52. The second-order valence-electron chi connectivity index (χ2n) is 3.91. The van der Waals surface area contributed by atoms with E-state index in [1.165, 1.54) is 19.2 Å². The Morgan fingerprint density at radius 1 is 1.50 bits per heavy atom. The van der Waals surface area contributed by atoms with Crippen LogP contribution >= 0.6 is 0 Å². The maximum absolute atomic E-state index is 11.7. The van der Waals surface area contributed by atoms with Gasteiger partial charge in [0.1, 0.15) is 11.4 Å². The van der Waals surface area contributed by atoms with Crippen molar-refractivity contribution in [3.05, 3.63) is 28.3 Å². The van der Waals surface area contributed by atoms with Crippen molar-refractivity contribution < 1.29 is 19.2 Å². The van der Waals surface area contributed by atoms with Gasteiger partial charge in [0.2, 0.25) is 11.8 Å². The Kier molecular flexibility index (Phi) is 4.98. The number of nitro benzene ring substituents is 1. The molecule has 0 saturated carbocycles. The molecule has 1 atom stereocenters. The Morgan fingerprint density at radius 2 is 2.15 bits per heavy atom. The van der Waals surface area contributed by atoms with Gasteiger partial charge in [-0.15, -0.1) is 0 Å². The zero-order chi connectivity index (χ0) is 15.3. The molecule has 20 heavy (non-hydrogen) atoms. The van der Waals surface area contributed by atoms with E-state index in [0.29, 0.717) is 0 Å². The molecule has 9 heteroatoms. The minimum atomic E-state index is -1.17. The SMILES string of the molecule is COc1ccc(NC(=O)C(N)CC(N)=O)c([N+](=O)[O-])c1. The average molecular weight is 282 g/mol. The van der Waals surface area contributed by atoms with Crippen LogP contribution in [0.5, 0.6) is 5.75 Å². The molecule has 0 saturated heterocycles. The predicted molar refractivity (Wildman–Crippen MR) is 70.1 cm³/mol. The maximum Gasteiger partial charge on any atom is 0.296 e. The molecule has 0 aliphatic heterocycles. The summed E-state index contributed by atoms with van der Waals surface area (Å²) in [6.07, 6.45) is -0.351. The Bertz CT molecular complexity index is 546. The van der Waals surface area contributed by atoms with Crippen molar-refractivity contribution in [3.63, 3.8) is 0 Å². The van der Waals surface area contributed by atoms with E-state index in [1.807, 2.05) is 0 Å². The first-order valence-electron chi connectivity index (χ1n) is 5.52. The minimum absolute atomic E-state index is 0.0410. The molecule has 0 aromatic heterocycles. The number of carbonyl (C=O) groups excluding carboxylic acids is 2. The van der Waals surface area contributed by atoms with Crippen LogP contribution in [0, 0.1) is 10.1 Å². The van der Waals surface area contributed by atoms with Crippen molar-refractivity contribution in [1.29, 1.82) is 0 Å². The van der Waals surface area contributed by atoms with Gasteiger partial charge in [-0.2, -0.15) is 0 Å². The van der Waals surface area contributed by atoms with Gasteiger partial charge in [0.05, 0.1) is 30.6 Å². The molecule has 0 heterocycles. The van der Waals surface area contributed by atoms with Crippen molar-refractivity contribution in [1.82, 2.24) is 0 Å².